The number of hydrogen-bond donors (Lipinski definition) is 4. The topological polar surface area (TPSA) is 128 Å². The monoisotopic (exact) mass is 750 g/mol. The smallest absolute Gasteiger partial charge is 0.255 e. The first-order chi connectivity index (χ1) is 26.2. The first-order valence-corrected chi connectivity index (χ1v) is 19.8. The van der Waals surface area contributed by atoms with E-state index in [9.17, 15) is 14.4 Å². The number of nitrogens with one attached hydrogen (secondary N) is 4. The van der Waals surface area contributed by atoms with Crippen molar-refractivity contribution >= 4 is 46.3 Å². The van der Waals surface area contributed by atoms with E-state index < -0.39 is 0 Å². The Balaban J connectivity index is 1.22. The number of hydrogen-bond acceptors (Lipinski definition) is 8. The number of unbranched alkanes of at least 4 members (excludes halogenated alkanes) is 2. The molecule has 286 valence electrons. The summed E-state index contributed by atoms with van der Waals surface area (Å²) in [6.07, 6.45) is 19.2. The molecule has 11 heteroatoms. The molecule has 3 heterocycles. The molecular weight excluding hydrogens is 697 g/mol. The number of amides is 2. The number of aromatic nitrogens is 2. The predicted octanol–water partition coefficient (Wildman–Crippen LogP) is 7.38. The average Bonchev–Trinajstić information content (AvgIpc) is 3.81. The van der Waals surface area contributed by atoms with Gasteiger partial charge in [-0.1, -0.05) is 86.2 Å². The van der Waals surface area contributed by atoms with Crippen LogP contribution in [0.5, 0.6) is 5.75 Å². The highest BCUT2D eigenvalue weighted by Crippen LogP contribution is 2.37. The van der Waals surface area contributed by atoms with Crippen molar-refractivity contribution in [2.45, 2.75) is 80.7 Å². The Morgan fingerprint density at radius 1 is 1.15 bits per heavy atom. The van der Waals surface area contributed by atoms with Crippen LogP contribution in [-0.4, -0.2) is 78.6 Å². The summed E-state index contributed by atoms with van der Waals surface area (Å²) in [6, 6.07) is 11.7. The van der Waals surface area contributed by atoms with Gasteiger partial charge in [-0.05, 0) is 69.6 Å². The van der Waals surface area contributed by atoms with Crippen molar-refractivity contribution in [2.24, 2.45) is 5.92 Å². The van der Waals surface area contributed by atoms with Crippen molar-refractivity contribution in [1.82, 2.24) is 31.0 Å². The number of aromatic amines is 1. The average molecular weight is 751 g/mol. The number of ketones is 1. The molecule has 1 fully saturated rings. The van der Waals surface area contributed by atoms with Crippen molar-refractivity contribution in [1.29, 1.82) is 0 Å². The second-order valence-corrected chi connectivity index (χ2v) is 15.1. The normalized spacial score (nSPS) is 17.0. The predicted molar refractivity (Wildman–Crippen MR) is 219 cm³/mol. The minimum absolute atomic E-state index is 0.0117. The number of H-pyrrole nitrogens is 1. The van der Waals surface area contributed by atoms with Gasteiger partial charge in [-0.3, -0.25) is 19.5 Å². The van der Waals surface area contributed by atoms with Gasteiger partial charge >= 0.3 is 0 Å². The van der Waals surface area contributed by atoms with Crippen LogP contribution in [0.25, 0.3) is 17.0 Å². The van der Waals surface area contributed by atoms with Crippen molar-refractivity contribution in [2.75, 3.05) is 33.8 Å². The van der Waals surface area contributed by atoms with Crippen LogP contribution in [0.3, 0.4) is 0 Å². The number of carbonyl (C=O) groups excluding carboxylic acids is 3. The highest BCUT2D eigenvalue weighted by molar-refractivity contribution is 7.99. The fraction of sp³-hybridized carbons (Fsp3) is 0.395. The molecule has 2 aliphatic rings. The van der Waals surface area contributed by atoms with E-state index in [1.807, 2.05) is 87.7 Å². The molecule has 0 spiro atoms. The van der Waals surface area contributed by atoms with E-state index in [1.165, 1.54) is 11.8 Å². The molecule has 2 aliphatic heterocycles. The number of Topliss-reactive ketones (excluding diaryl/α,β-unsaturated/α-hetero) is 1. The molecule has 2 aromatic carbocycles. The molecular formula is C43H54N6O4S. The van der Waals surface area contributed by atoms with Crippen LogP contribution in [0.2, 0.25) is 0 Å². The largest absolute Gasteiger partial charge is 0.491 e. The van der Waals surface area contributed by atoms with E-state index in [-0.39, 0.29) is 29.8 Å². The number of ether oxygens (including phenoxy) is 1. The van der Waals surface area contributed by atoms with E-state index >= 15 is 0 Å². The fourth-order valence-electron chi connectivity index (χ4n) is 6.60. The first-order valence-electron chi connectivity index (χ1n) is 18.9. The molecule has 2 atom stereocenters. The minimum atomic E-state index is -0.224. The zero-order valence-corrected chi connectivity index (χ0v) is 32.8. The van der Waals surface area contributed by atoms with Gasteiger partial charge in [0.25, 0.3) is 5.91 Å². The van der Waals surface area contributed by atoms with Gasteiger partial charge in [0.2, 0.25) is 5.91 Å². The van der Waals surface area contributed by atoms with Gasteiger partial charge in [-0.2, -0.15) is 5.10 Å². The first kappa shape index (κ1) is 40.3. The maximum atomic E-state index is 13.3. The number of nitrogens with zero attached hydrogens (tertiary/aromatic N) is 2. The molecule has 1 saturated heterocycles. The van der Waals surface area contributed by atoms with Gasteiger partial charge in [-0.25, -0.2) is 0 Å². The lowest BCUT2D eigenvalue weighted by molar-refractivity contribution is -0.130. The van der Waals surface area contributed by atoms with Gasteiger partial charge in [0, 0.05) is 53.9 Å². The van der Waals surface area contributed by atoms with Crippen LogP contribution in [-0.2, 0) is 9.59 Å². The summed E-state index contributed by atoms with van der Waals surface area (Å²) in [5.41, 5.74) is 4.33. The van der Waals surface area contributed by atoms with E-state index in [1.54, 1.807) is 13.1 Å². The van der Waals surface area contributed by atoms with Gasteiger partial charge in [0.05, 0.1) is 34.8 Å². The van der Waals surface area contributed by atoms with Crippen LogP contribution < -0.4 is 20.7 Å². The third kappa shape index (κ3) is 11.1. The fourth-order valence-corrected chi connectivity index (χ4v) is 7.61. The zero-order valence-electron chi connectivity index (χ0n) is 32.0. The maximum Gasteiger partial charge on any atom is 0.255 e. The van der Waals surface area contributed by atoms with Gasteiger partial charge in [-0.15, -0.1) is 0 Å². The van der Waals surface area contributed by atoms with Gasteiger partial charge < -0.3 is 25.6 Å². The number of likely N-dealkylation sites (tertiary alicyclic amines) is 1. The molecule has 1 unspecified atom stereocenters. The Bertz CT molecular complexity index is 1920. The molecule has 10 nitrogen and oxygen atoms in total. The standard InChI is InChI=1S/C43H54N6O4S/c1-6-8-10-14-29(3)19-23-35-34-22-21-33(25-38(34)48-47-35)54-40-18-13-17-39(41(40)43(52)44-4)53-28-31-20-24-37(45-31)36(16-12-9-11-15-32(50)7-2)46-42(51)30-26-49(5)27-30/h6,8,10,13-14,17-19,21-25,30-31,36,45H,1,7,9,11-12,15-16,20,26-28H2,2-5H3,(H,44,52)(H,46,51)(H,47,48)/b10-8-,23-19+,29-14+/t31?,36-/m0/s1. The van der Waals surface area contributed by atoms with Crippen LogP contribution >= 0.6 is 11.8 Å². The Morgan fingerprint density at radius 3 is 2.74 bits per heavy atom. The summed E-state index contributed by atoms with van der Waals surface area (Å²) < 4.78 is 6.37. The Labute approximate surface area is 323 Å². The summed E-state index contributed by atoms with van der Waals surface area (Å²) in [5.74, 6) is 0.685. The number of allylic oxidation sites excluding steroid dienone is 6. The minimum Gasteiger partial charge on any atom is -0.491 e. The highest BCUT2D eigenvalue weighted by Gasteiger charge is 2.33. The summed E-state index contributed by atoms with van der Waals surface area (Å²) in [7, 11) is 3.65. The maximum absolute atomic E-state index is 13.3. The van der Waals surface area contributed by atoms with Crippen LogP contribution in [0, 0.1) is 5.92 Å². The number of carbonyl (C=O) groups is 3. The molecule has 54 heavy (non-hydrogen) atoms. The molecule has 4 N–H and O–H groups in total. The van der Waals surface area contributed by atoms with Gasteiger partial charge in [0.15, 0.2) is 0 Å². The van der Waals surface area contributed by atoms with E-state index in [2.05, 4.69) is 43.7 Å². The molecule has 0 bridgehead atoms. The Morgan fingerprint density at radius 2 is 1.98 bits per heavy atom. The molecule has 0 saturated carbocycles. The lowest BCUT2D eigenvalue weighted by Gasteiger charge is -2.36. The van der Waals surface area contributed by atoms with E-state index in [4.69, 9.17) is 4.74 Å². The second-order valence-electron chi connectivity index (χ2n) is 14.0. The molecule has 2 amide bonds. The lowest BCUT2D eigenvalue weighted by atomic mass is 9.98. The summed E-state index contributed by atoms with van der Waals surface area (Å²) in [6.45, 7) is 9.53. The van der Waals surface area contributed by atoms with E-state index in [0.29, 0.717) is 36.5 Å². The van der Waals surface area contributed by atoms with Crippen LogP contribution in [0.4, 0.5) is 0 Å². The SMILES string of the molecule is C=C\C=C/C=C(C)/C=C/c1n[nH]c2cc(Sc3cccc(OCC4CC=C([C@H](CCCCCC(=O)CC)NC(=O)C5CN(C)C5)N4)c3C(=O)NC)ccc12. The van der Waals surface area contributed by atoms with Crippen LogP contribution in [0.1, 0.15) is 74.8 Å². The Kier molecular flexibility index (Phi) is 14.9. The van der Waals surface area contributed by atoms with Crippen molar-refractivity contribution in [3.63, 3.8) is 0 Å². The van der Waals surface area contributed by atoms with Crippen molar-refractivity contribution in [3.05, 3.63) is 102 Å². The molecule has 0 radical (unpaired) electrons. The number of rotatable bonds is 20. The number of fused-ring (bicyclic) bond motifs is 1. The molecule has 5 rings (SSSR count). The zero-order chi connectivity index (χ0) is 38.5. The third-order valence-corrected chi connectivity index (χ3v) is 10.8. The quantitative estimate of drug-likeness (QED) is 0.0697. The summed E-state index contributed by atoms with van der Waals surface area (Å²) in [4.78, 5) is 42.0. The number of benzene rings is 2. The highest BCUT2D eigenvalue weighted by atomic mass is 32.2. The molecule has 1 aromatic heterocycles. The summed E-state index contributed by atoms with van der Waals surface area (Å²) in [5, 5.41) is 18.4. The van der Waals surface area contributed by atoms with Crippen molar-refractivity contribution < 1.29 is 19.1 Å². The second kappa shape index (κ2) is 20.0. The Hall–Kier alpha value is -4.87. The van der Waals surface area contributed by atoms with E-state index in [0.717, 1.165) is 82.9 Å². The third-order valence-electron chi connectivity index (χ3n) is 9.75. The van der Waals surface area contributed by atoms with Gasteiger partial charge in [0.1, 0.15) is 18.1 Å². The molecule has 3 aromatic rings. The molecule has 0 aliphatic carbocycles. The van der Waals surface area contributed by atoms with Crippen LogP contribution in [0.15, 0.2) is 100 Å². The summed E-state index contributed by atoms with van der Waals surface area (Å²) >= 11 is 1.50. The van der Waals surface area contributed by atoms with Crippen molar-refractivity contribution in [3.8, 4) is 5.75 Å². The lowest BCUT2D eigenvalue weighted by Crippen LogP contribution is -2.54.